The normalized spacial score (nSPS) is 18.6. The van der Waals surface area contributed by atoms with Crippen molar-refractivity contribution >= 4 is 28.5 Å². The molecule has 1 aliphatic heterocycles. The molecule has 128 valence electrons. The van der Waals surface area contributed by atoms with Gasteiger partial charge < -0.3 is 5.11 Å². The van der Waals surface area contributed by atoms with Crippen LogP contribution in [0.4, 0.5) is 11.5 Å². The second-order valence-electron chi connectivity index (χ2n) is 6.22. The molecule has 0 radical (unpaired) electrons. The van der Waals surface area contributed by atoms with E-state index in [4.69, 9.17) is 0 Å². The molecule has 1 aliphatic rings. The van der Waals surface area contributed by atoms with Crippen LogP contribution in [0.5, 0.6) is 0 Å². The molecule has 1 atom stereocenters. The van der Waals surface area contributed by atoms with Crippen molar-refractivity contribution in [2.75, 3.05) is 4.90 Å². The first-order valence-corrected chi connectivity index (χ1v) is 8.38. The van der Waals surface area contributed by atoms with Gasteiger partial charge in [0.1, 0.15) is 5.69 Å². The van der Waals surface area contributed by atoms with Gasteiger partial charge in [-0.25, -0.2) is 4.57 Å². The number of pyridine rings is 1. The molecule has 1 unspecified atom stereocenters. The molecule has 2 heterocycles. The fourth-order valence-electron chi connectivity index (χ4n) is 3.45. The first kappa shape index (κ1) is 17.6. The maximum absolute atomic E-state index is 11.7. The van der Waals surface area contributed by atoms with Crippen molar-refractivity contribution in [3.8, 4) is 0 Å². The summed E-state index contributed by atoms with van der Waals surface area (Å²) in [6.45, 7) is 2.64. The number of rotatable bonds is 3. The Kier molecular flexibility index (Phi) is 4.93. The van der Waals surface area contributed by atoms with Crippen LogP contribution in [0.15, 0.2) is 79.0 Å². The lowest BCUT2D eigenvalue weighted by atomic mass is 9.99. The van der Waals surface area contributed by atoms with E-state index < -0.39 is 5.72 Å². The summed E-state index contributed by atoms with van der Waals surface area (Å²) in [5.41, 5.74) is 2.07. The Hall–Kier alpha value is -2.17. The minimum absolute atomic E-state index is 0. The SMILES string of the molecule is Br.CCc1ccc(C2(O)C[n+]3ccccc3N2c2ccccc2)cc1. The van der Waals surface area contributed by atoms with E-state index in [-0.39, 0.29) is 17.0 Å². The molecule has 2 aromatic carbocycles. The van der Waals surface area contributed by atoms with Crippen molar-refractivity contribution in [1.82, 2.24) is 0 Å². The summed E-state index contributed by atoms with van der Waals surface area (Å²) in [5, 5.41) is 11.7. The van der Waals surface area contributed by atoms with E-state index in [2.05, 4.69) is 23.6 Å². The van der Waals surface area contributed by atoms with Crippen molar-refractivity contribution in [2.24, 2.45) is 0 Å². The van der Waals surface area contributed by atoms with Gasteiger partial charge in [0, 0.05) is 11.6 Å². The average Bonchev–Trinajstić information content (AvgIpc) is 2.95. The predicted octanol–water partition coefficient (Wildman–Crippen LogP) is 4.11. The molecular weight excluding hydrogens is 376 g/mol. The van der Waals surface area contributed by atoms with Crippen LogP contribution in [-0.4, -0.2) is 5.11 Å². The molecule has 0 saturated carbocycles. The highest BCUT2D eigenvalue weighted by Crippen LogP contribution is 2.40. The zero-order valence-electron chi connectivity index (χ0n) is 14.2. The Morgan fingerprint density at radius 2 is 1.64 bits per heavy atom. The number of aromatic nitrogens is 1. The van der Waals surface area contributed by atoms with Crippen LogP contribution in [0.2, 0.25) is 0 Å². The fraction of sp³-hybridized carbons (Fsp3) is 0.190. The number of para-hydroxylation sites is 1. The Morgan fingerprint density at radius 1 is 0.960 bits per heavy atom. The monoisotopic (exact) mass is 397 g/mol. The molecular formula is C21H22BrN2O+. The molecule has 3 aromatic rings. The summed E-state index contributed by atoms with van der Waals surface area (Å²) < 4.78 is 2.10. The minimum atomic E-state index is -1.10. The molecule has 4 heteroatoms. The molecule has 0 bridgehead atoms. The van der Waals surface area contributed by atoms with Gasteiger partial charge in [0.05, 0.1) is 6.20 Å². The highest BCUT2D eigenvalue weighted by Gasteiger charge is 2.52. The predicted molar refractivity (Wildman–Crippen MR) is 105 cm³/mol. The van der Waals surface area contributed by atoms with E-state index in [1.807, 2.05) is 71.8 Å². The number of benzene rings is 2. The number of anilines is 2. The molecule has 1 N–H and O–H groups in total. The molecule has 0 spiro atoms. The van der Waals surface area contributed by atoms with E-state index in [0.29, 0.717) is 6.54 Å². The fourth-order valence-corrected chi connectivity index (χ4v) is 3.45. The first-order chi connectivity index (χ1) is 11.7. The number of aryl methyl sites for hydroxylation is 1. The molecule has 3 nitrogen and oxygen atoms in total. The number of hydrogen-bond donors (Lipinski definition) is 1. The molecule has 4 rings (SSSR count). The summed E-state index contributed by atoms with van der Waals surface area (Å²) in [5.74, 6) is 0.991. The molecule has 0 aliphatic carbocycles. The van der Waals surface area contributed by atoms with Crippen LogP contribution >= 0.6 is 17.0 Å². The third-order valence-electron chi connectivity index (χ3n) is 4.75. The number of halogens is 1. The van der Waals surface area contributed by atoms with E-state index in [1.54, 1.807) is 0 Å². The van der Waals surface area contributed by atoms with Gasteiger partial charge >= 0.3 is 0 Å². The van der Waals surface area contributed by atoms with E-state index >= 15 is 0 Å². The van der Waals surface area contributed by atoms with Crippen molar-refractivity contribution < 1.29 is 9.67 Å². The van der Waals surface area contributed by atoms with Gasteiger partial charge in [0.25, 0.3) is 11.5 Å². The van der Waals surface area contributed by atoms with Crippen LogP contribution in [0, 0.1) is 0 Å². The number of fused-ring (bicyclic) bond motifs is 1. The first-order valence-electron chi connectivity index (χ1n) is 8.38. The standard InChI is InChI=1S/C21H21N2O.BrH/c1-2-17-11-13-18(14-12-17)21(24)16-22-15-7-6-10-20(22)23(21)19-8-4-3-5-9-19;/h3-15,24H,2,16H2,1H3;1H/q+1;. The molecule has 1 aromatic heterocycles. The molecule has 25 heavy (non-hydrogen) atoms. The van der Waals surface area contributed by atoms with Crippen LogP contribution in [0.25, 0.3) is 0 Å². The van der Waals surface area contributed by atoms with Gasteiger partial charge in [0.15, 0.2) is 6.54 Å². The van der Waals surface area contributed by atoms with Crippen molar-refractivity contribution in [2.45, 2.75) is 25.6 Å². The van der Waals surface area contributed by atoms with Gasteiger partial charge in [-0.2, -0.15) is 4.90 Å². The van der Waals surface area contributed by atoms with Crippen molar-refractivity contribution in [3.63, 3.8) is 0 Å². The molecule has 0 saturated heterocycles. The average molecular weight is 398 g/mol. The topological polar surface area (TPSA) is 27.4 Å². The molecule has 0 amide bonds. The highest BCUT2D eigenvalue weighted by molar-refractivity contribution is 8.93. The maximum atomic E-state index is 11.7. The summed E-state index contributed by atoms with van der Waals surface area (Å²) in [6, 6.07) is 24.4. The number of aliphatic hydroxyl groups is 1. The van der Waals surface area contributed by atoms with E-state index in [9.17, 15) is 5.11 Å². The van der Waals surface area contributed by atoms with Crippen LogP contribution in [0.1, 0.15) is 18.1 Å². The third kappa shape index (κ3) is 2.96. The summed E-state index contributed by atoms with van der Waals surface area (Å²) in [6.07, 6.45) is 3.01. The Labute approximate surface area is 158 Å². The van der Waals surface area contributed by atoms with Gasteiger partial charge in [-0.3, -0.25) is 0 Å². The second kappa shape index (κ2) is 6.98. The highest BCUT2D eigenvalue weighted by atomic mass is 79.9. The number of nitrogens with zero attached hydrogens (tertiary/aromatic N) is 2. The second-order valence-corrected chi connectivity index (χ2v) is 6.22. The van der Waals surface area contributed by atoms with Crippen LogP contribution in [0.3, 0.4) is 0 Å². The van der Waals surface area contributed by atoms with Gasteiger partial charge in [-0.15, -0.1) is 17.0 Å². The third-order valence-corrected chi connectivity index (χ3v) is 4.75. The molecule has 0 fully saturated rings. The lowest BCUT2D eigenvalue weighted by Crippen LogP contribution is -2.43. The lowest BCUT2D eigenvalue weighted by Gasteiger charge is -2.27. The Bertz CT molecular complexity index is 851. The number of hydrogen-bond acceptors (Lipinski definition) is 2. The summed E-state index contributed by atoms with van der Waals surface area (Å²) in [7, 11) is 0. The minimum Gasteiger partial charge on any atom is -0.346 e. The smallest absolute Gasteiger partial charge is 0.284 e. The van der Waals surface area contributed by atoms with Crippen LogP contribution < -0.4 is 9.47 Å². The van der Waals surface area contributed by atoms with E-state index in [0.717, 1.165) is 23.5 Å². The largest absolute Gasteiger partial charge is 0.346 e. The zero-order valence-corrected chi connectivity index (χ0v) is 15.9. The zero-order chi connectivity index (χ0) is 16.6. The van der Waals surface area contributed by atoms with Crippen molar-refractivity contribution in [3.05, 3.63) is 90.1 Å². The Morgan fingerprint density at radius 3 is 2.32 bits per heavy atom. The maximum Gasteiger partial charge on any atom is 0.284 e. The Balaban J connectivity index is 0.00000182. The summed E-state index contributed by atoms with van der Waals surface area (Å²) >= 11 is 0. The lowest BCUT2D eigenvalue weighted by molar-refractivity contribution is -0.683. The van der Waals surface area contributed by atoms with Crippen molar-refractivity contribution in [1.29, 1.82) is 0 Å². The van der Waals surface area contributed by atoms with E-state index in [1.165, 1.54) is 5.56 Å². The van der Waals surface area contributed by atoms with Gasteiger partial charge in [0.2, 0.25) is 0 Å². The van der Waals surface area contributed by atoms with Crippen LogP contribution in [-0.2, 0) is 18.7 Å². The summed E-state index contributed by atoms with van der Waals surface area (Å²) in [4.78, 5) is 2.02. The van der Waals surface area contributed by atoms with Gasteiger partial charge in [-0.1, -0.05) is 55.5 Å². The van der Waals surface area contributed by atoms with Gasteiger partial charge in [-0.05, 0) is 30.2 Å². The quantitative estimate of drug-likeness (QED) is 0.673.